The van der Waals surface area contributed by atoms with Gasteiger partial charge in [-0.3, -0.25) is 9.69 Å². The highest BCUT2D eigenvalue weighted by Gasteiger charge is 2.54. The predicted octanol–water partition coefficient (Wildman–Crippen LogP) is 4.49. The molecule has 5 rings (SSSR count). The van der Waals surface area contributed by atoms with Crippen LogP contribution in [0.15, 0.2) is 72.8 Å². The smallest absolute Gasteiger partial charge is 0.329 e. The summed E-state index contributed by atoms with van der Waals surface area (Å²) in [5, 5.41) is 15.1. The Hall–Kier alpha value is -3.84. The molecule has 0 aromatic heterocycles. The number of nitrogens with one attached hydrogen (secondary N) is 1. The summed E-state index contributed by atoms with van der Waals surface area (Å²) in [6, 6.07) is 22.2. The van der Waals surface area contributed by atoms with Gasteiger partial charge in [-0.15, -0.1) is 0 Å². The number of urea groups is 1. The molecule has 0 aliphatic carbocycles. The molecule has 3 aromatic carbocycles. The van der Waals surface area contributed by atoms with Gasteiger partial charge in [0.1, 0.15) is 0 Å². The Morgan fingerprint density at radius 2 is 1.67 bits per heavy atom. The first-order chi connectivity index (χ1) is 17.3. The van der Waals surface area contributed by atoms with Crippen molar-refractivity contribution in [3.8, 4) is 0 Å². The normalized spacial score (nSPS) is 21.7. The van der Waals surface area contributed by atoms with E-state index >= 15 is 0 Å². The molecule has 7 nitrogen and oxygen atoms in total. The number of amides is 3. The van der Waals surface area contributed by atoms with Crippen LogP contribution in [0.1, 0.15) is 30.5 Å². The summed E-state index contributed by atoms with van der Waals surface area (Å²) in [6.07, 6.45) is 0.849. The molecule has 2 aliphatic rings. The number of carbonyl (C=O) groups excluding carboxylic acids is 2. The van der Waals surface area contributed by atoms with Crippen molar-refractivity contribution in [3.63, 3.8) is 0 Å². The summed E-state index contributed by atoms with van der Waals surface area (Å²) in [6.45, 7) is 7.69. The number of aryl methyl sites for hydroxylation is 2. The molecule has 0 saturated carbocycles. The third kappa shape index (κ3) is 3.99. The van der Waals surface area contributed by atoms with Gasteiger partial charge in [-0.1, -0.05) is 55.0 Å². The van der Waals surface area contributed by atoms with Gasteiger partial charge in [0.2, 0.25) is 0 Å². The van der Waals surface area contributed by atoms with Crippen LogP contribution in [0.2, 0.25) is 0 Å². The van der Waals surface area contributed by atoms with Gasteiger partial charge >= 0.3 is 6.03 Å². The van der Waals surface area contributed by atoms with Crippen LogP contribution in [0.4, 0.5) is 21.9 Å². The Morgan fingerprint density at radius 1 is 1.00 bits per heavy atom. The third-order valence-corrected chi connectivity index (χ3v) is 7.25. The third-order valence-electron chi connectivity index (χ3n) is 7.25. The number of anilines is 3. The van der Waals surface area contributed by atoms with E-state index in [9.17, 15) is 14.7 Å². The van der Waals surface area contributed by atoms with Crippen molar-refractivity contribution < 1.29 is 14.7 Å². The van der Waals surface area contributed by atoms with Gasteiger partial charge in [-0.05, 0) is 56.2 Å². The number of para-hydroxylation sites is 1. The van der Waals surface area contributed by atoms with Gasteiger partial charge in [0.05, 0.1) is 5.69 Å². The monoisotopic (exact) mass is 484 g/mol. The fourth-order valence-corrected chi connectivity index (χ4v) is 5.21. The number of carbonyl (C=O) groups is 2. The van der Waals surface area contributed by atoms with Crippen LogP contribution in [-0.4, -0.2) is 47.6 Å². The number of fused-ring (bicyclic) bond motifs is 1. The minimum absolute atomic E-state index is 0.0407. The number of hydrogen-bond acceptors (Lipinski definition) is 4. The van der Waals surface area contributed by atoms with E-state index in [0.29, 0.717) is 36.6 Å². The Balaban J connectivity index is 1.50. The van der Waals surface area contributed by atoms with E-state index in [1.807, 2.05) is 12.1 Å². The molecule has 3 amide bonds. The topological polar surface area (TPSA) is 76.1 Å². The Bertz CT molecular complexity index is 1270. The molecule has 3 aromatic rings. The van der Waals surface area contributed by atoms with E-state index in [1.165, 1.54) is 10.5 Å². The van der Waals surface area contributed by atoms with E-state index in [-0.39, 0.29) is 6.04 Å². The Labute approximate surface area is 211 Å². The van der Waals surface area contributed by atoms with Crippen LogP contribution < -0.4 is 15.1 Å². The predicted molar refractivity (Wildman–Crippen MR) is 142 cm³/mol. The maximum Gasteiger partial charge on any atom is 0.329 e. The average Bonchev–Trinajstić information content (AvgIpc) is 2.89. The molecule has 36 heavy (non-hydrogen) atoms. The number of nitrogens with zero attached hydrogens (tertiary/aromatic N) is 3. The van der Waals surface area contributed by atoms with Gasteiger partial charge in [0.15, 0.2) is 0 Å². The molecule has 7 heteroatoms. The SMILES string of the molecule is CCc1ccc(N2C(=O)Nc3ccccc3[C@@]2(O)C(=O)N2CCN(c3ccc(C)cc3)[C@@H](C)C2)cc1. The van der Waals surface area contributed by atoms with E-state index in [2.05, 4.69) is 55.3 Å². The Morgan fingerprint density at radius 3 is 2.33 bits per heavy atom. The number of benzene rings is 3. The molecule has 2 N–H and O–H groups in total. The second-order valence-corrected chi connectivity index (χ2v) is 9.63. The molecule has 186 valence electrons. The number of rotatable bonds is 4. The Kier molecular flexibility index (Phi) is 6.18. The van der Waals surface area contributed by atoms with Crippen LogP contribution >= 0.6 is 0 Å². The highest BCUT2D eigenvalue weighted by Crippen LogP contribution is 2.41. The average molecular weight is 485 g/mol. The molecule has 0 radical (unpaired) electrons. The van der Waals surface area contributed by atoms with Crippen LogP contribution in [-0.2, 0) is 16.9 Å². The molecule has 0 spiro atoms. The highest BCUT2D eigenvalue weighted by molar-refractivity contribution is 6.11. The lowest BCUT2D eigenvalue weighted by atomic mass is 9.93. The minimum atomic E-state index is -2.17. The van der Waals surface area contributed by atoms with Gasteiger partial charge in [-0.25, -0.2) is 4.79 Å². The zero-order chi connectivity index (χ0) is 25.4. The molecule has 0 unspecified atom stereocenters. The van der Waals surface area contributed by atoms with Gasteiger partial charge in [0.25, 0.3) is 11.6 Å². The summed E-state index contributed by atoms with van der Waals surface area (Å²) in [4.78, 5) is 32.6. The summed E-state index contributed by atoms with van der Waals surface area (Å²) in [5.41, 5.74) is 2.50. The van der Waals surface area contributed by atoms with E-state index in [1.54, 1.807) is 41.3 Å². The zero-order valence-electron chi connectivity index (χ0n) is 20.9. The minimum Gasteiger partial charge on any atom is -0.365 e. The van der Waals surface area contributed by atoms with Crippen LogP contribution in [0.25, 0.3) is 0 Å². The van der Waals surface area contributed by atoms with Crippen LogP contribution in [0.3, 0.4) is 0 Å². The fraction of sp³-hybridized carbons (Fsp3) is 0.310. The lowest BCUT2D eigenvalue weighted by molar-refractivity contribution is -0.152. The lowest BCUT2D eigenvalue weighted by Gasteiger charge is -2.47. The quantitative estimate of drug-likeness (QED) is 0.572. The first-order valence-corrected chi connectivity index (χ1v) is 12.5. The number of piperazine rings is 1. The molecular formula is C29H32N4O3. The standard InChI is InChI=1S/C29H32N4O3/c1-4-22-11-15-24(16-12-22)33-28(35)30-26-8-6-5-7-25(26)29(33,36)27(34)31-17-18-32(21(3)19-31)23-13-9-20(2)10-14-23/h5-16,21,36H,4,17-19H2,1-3H3,(H,30,35)/t21-,29+/m0/s1. The van der Waals surface area contributed by atoms with Gasteiger partial charge in [-0.2, -0.15) is 0 Å². The van der Waals surface area contributed by atoms with E-state index in [4.69, 9.17) is 0 Å². The van der Waals surface area contributed by atoms with Crippen molar-refractivity contribution in [2.24, 2.45) is 0 Å². The van der Waals surface area contributed by atoms with Gasteiger partial charge in [0, 0.05) is 42.6 Å². The van der Waals surface area contributed by atoms with Crippen molar-refractivity contribution >= 4 is 29.0 Å². The highest BCUT2D eigenvalue weighted by atomic mass is 16.3. The summed E-state index contributed by atoms with van der Waals surface area (Å²) >= 11 is 0. The first kappa shape index (κ1) is 23.9. The summed E-state index contributed by atoms with van der Waals surface area (Å²) in [7, 11) is 0. The van der Waals surface area contributed by atoms with Crippen molar-refractivity contribution in [2.45, 2.75) is 39.0 Å². The second-order valence-electron chi connectivity index (χ2n) is 9.63. The van der Waals surface area contributed by atoms with Gasteiger partial charge < -0.3 is 20.2 Å². The molecule has 2 atom stereocenters. The van der Waals surface area contributed by atoms with Crippen molar-refractivity contribution in [2.75, 3.05) is 34.8 Å². The van der Waals surface area contributed by atoms with Crippen molar-refractivity contribution in [1.82, 2.24) is 4.90 Å². The molecule has 1 saturated heterocycles. The molecule has 2 heterocycles. The second kappa shape index (κ2) is 9.32. The largest absolute Gasteiger partial charge is 0.365 e. The maximum atomic E-state index is 14.2. The van der Waals surface area contributed by atoms with Crippen molar-refractivity contribution in [1.29, 1.82) is 0 Å². The lowest BCUT2D eigenvalue weighted by Crippen LogP contribution is -2.66. The van der Waals surface area contributed by atoms with Crippen LogP contribution in [0, 0.1) is 6.92 Å². The van der Waals surface area contributed by atoms with E-state index < -0.39 is 17.7 Å². The molecule has 1 fully saturated rings. The zero-order valence-corrected chi connectivity index (χ0v) is 20.9. The fourth-order valence-electron chi connectivity index (χ4n) is 5.21. The van der Waals surface area contributed by atoms with Crippen LogP contribution in [0.5, 0.6) is 0 Å². The van der Waals surface area contributed by atoms with E-state index in [0.717, 1.165) is 17.7 Å². The molecule has 2 aliphatic heterocycles. The first-order valence-electron chi connectivity index (χ1n) is 12.5. The number of aliphatic hydroxyl groups is 1. The maximum absolute atomic E-state index is 14.2. The number of hydrogen-bond donors (Lipinski definition) is 2. The summed E-state index contributed by atoms with van der Waals surface area (Å²) in [5.74, 6) is -0.500. The van der Waals surface area contributed by atoms with Crippen molar-refractivity contribution in [3.05, 3.63) is 89.5 Å². The molecular weight excluding hydrogens is 452 g/mol. The summed E-state index contributed by atoms with van der Waals surface area (Å²) < 4.78 is 0. The molecule has 0 bridgehead atoms.